The van der Waals surface area contributed by atoms with Crippen LogP contribution in [0.5, 0.6) is 11.5 Å². The van der Waals surface area contributed by atoms with E-state index in [0.717, 1.165) is 24.1 Å². The minimum absolute atomic E-state index is 0.422. The summed E-state index contributed by atoms with van der Waals surface area (Å²) in [5, 5.41) is 0. The summed E-state index contributed by atoms with van der Waals surface area (Å²) in [6.45, 7) is 2.23. The highest BCUT2D eigenvalue weighted by atomic mass is 32.2. The molecule has 3 heterocycles. The van der Waals surface area contributed by atoms with Crippen LogP contribution in [-0.2, 0) is 16.8 Å². The normalized spacial score (nSPS) is 21.2. The van der Waals surface area contributed by atoms with Gasteiger partial charge < -0.3 is 14.0 Å². The molecule has 1 atom stereocenters. The molecule has 2 aliphatic heterocycles. The second-order valence-electron chi connectivity index (χ2n) is 6.86. The van der Waals surface area contributed by atoms with Gasteiger partial charge in [-0.3, -0.25) is 0 Å². The zero-order valence-corrected chi connectivity index (χ0v) is 16.5. The van der Waals surface area contributed by atoms with Gasteiger partial charge in [0.25, 0.3) is 10.2 Å². The fourth-order valence-corrected chi connectivity index (χ4v) is 5.86. The predicted molar refractivity (Wildman–Crippen MR) is 102 cm³/mol. The summed E-state index contributed by atoms with van der Waals surface area (Å²) in [6, 6.07) is 9.01. The highest BCUT2D eigenvalue weighted by Crippen LogP contribution is 2.41. The molecule has 146 valence electrons. The molecule has 4 rings (SSSR count). The Kier molecular flexibility index (Phi) is 4.88. The third-order valence-electron chi connectivity index (χ3n) is 5.41. The van der Waals surface area contributed by atoms with Gasteiger partial charge in [0.05, 0.1) is 20.3 Å². The maximum absolute atomic E-state index is 13.4. The highest BCUT2D eigenvalue weighted by molar-refractivity contribution is 7.86. The van der Waals surface area contributed by atoms with E-state index < -0.39 is 16.3 Å². The van der Waals surface area contributed by atoms with Crippen LogP contribution < -0.4 is 9.47 Å². The Morgan fingerprint density at radius 2 is 1.78 bits per heavy atom. The van der Waals surface area contributed by atoms with E-state index in [4.69, 9.17) is 9.47 Å². The van der Waals surface area contributed by atoms with E-state index in [1.165, 1.54) is 0 Å². The molecule has 0 radical (unpaired) electrons. The molecule has 8 heteroatoms. The van der Waals surface area contributed by atoms with Gasteiger partial charge in [0, 0.05) is 43.6 Å². The number of hydrogen-bond donors (Lipinski definition) is 0. The molecular formula is C19H25N3O4S. The zero-order valence-electron chi connectivity index (χ0n) is 15.7. The third kappa shape index (κ3) is 3.11. The Balaban J connectivity index is 1.86. The molecule has 27 heavy (non-hydrogen) atoms. The molecule has 0 N–H and O–H groups in total. The molecule has 1 aromatic carbocycles. The van der Waals surface area contributed by atoms with Gasteiger partial charge in [-0.15, -0.1) is 0 Å². The lowest BCUT2D eigenvalue weighted by molar-refractivity contribution is 0.269. The maximum Gasteiger partial charge on any atom is 0.282 e. The van der Waals surface area contributed by atoms with E-state index in [1.807, 2.05) is 36.5 Å². The van der Waals surface area contributed by atoms with Crippen LogP contribution in [0.2, 0.25) is 0 Å². The summed E-state index contributed by atoms with van der Waals surface area (Å²) >= 11 is 0. The Hall–Kier alpha value is -2.03. The summed E-state index contributed by atoms with van der Waals surface area (Å²) in [4.78, 5) is 0. The third-order valence-corrected chi connectivity index (χ3v) is 7.42. The SMILES string of the molecule is COc1ccc(OC)c(C2c3cccn3CCN2S(=O)(=O)N2CCCC2)c1. The molecule has 0 saturated carbocycles. The number of rotatable bonds is 5. The van der Waals surface area contributed by atoms with E-state index >= 15 is 0 Å². The standard InChI is InChI=1S/C19H25N3O4S/c1-25-15-7-8-18(26-2)16(14-15)19-17-6-5-9-20(17)12-13-22(19)27(23,24)21-10-3-4-11-21/h5-9,14,19H,3-4,10-13H2,1-2H3. The van der Waals surface area contributed by atoms with Crippen LogP contribution in [0.3, 0.4) is 0 Å². The average Bonchev–Trinajstić information content (AvgIpc) is 3.38. The van der Waals surface area contributed by atoms with Crippen LogP contribution in [0.15, 0.2) is 36.5 Å². The Morgan fingerprint density at radius 3 is 2.48 bits per heavy atom. The lowest BCUT2D eigenvalue weighted by Gasteiger charge is -2.38. The lowest BCUT2D eigenvalue weighted by atomic mass is 10.0. The van der Waals surface area contributed by atoms with Gasteiger partial charge in [-0.05, 0) is 43.2 Å². The second kappa shape index (κ2) is 7.18. The molecule has 2 aromatic rings. The smallest absolute Gasteiger partial charge is 0.282 e. The maximum atomic E-state index is 13.4. The first kappa shape index (κ1) is 18.3. The van der Waals surface area contributed by atoms with Gasteiger partial charge in [0.2, 0.25) is 0 Å². The van der Waals surface area contributed by atoms with Crippen molar-refractivity contribution >= 4 is 10.2 Å². The fourth-order valence-electron chi connectivity index (χ4n) is 4.05. The van der Waals surface area contributed by atoms with Crippen molar-refractivity contribution in [3.05, 3.63) is 47.8 Å². The Bertz CT molecular complexity index is 919. The molecule has 2 aliphatic rings. The van der Waals surface area contributed by atoms with Gasteiger partial charge in [0.1, 0.15) is 11.5 Å². The van der Waals surface area contributed by atoms with Gasteiger partial charge in [-0.1, -0.05) is 0 Å². The van der Waals surface area contributed by atoms with Gasteiger partial charge in [-0.25, -0.2) is 0 Å². The first-order valence-electron chi connectivity index (χ1n) is 9.20. The number of benzene rings is 1. The molecule has 1 saturated heterocycles. The van der Waals surface area contributed by atoms with E-state index in [0.29, 0.717) is 37.7 Å². The summed E-state index contributed by atoms with van der Waals surface area (Å²) in [5.41, 5.74) is 1.73. The van der Waals surface area contributed by atoms with Crippen LogP contribution in [0.1, 0.15) is 30.1 Å². The summed E-state index contributed by atoms with van der Waals surface area (Å²) in [5.74, 6) is 1.32. The monoisotopic (exact) mass is 391 g/mol. The molecule has 1 aromatic heterocycles. The van der Waals surface area contributed by atoms with Crippen LogP contribution in [0, 0.1) is 0 Å². The first-order chi connectivity index (χ1) is 13.1. The predicted octanol–water partition coefficient (Wildman–Crippen LogP) is 2.25. The quantitative estimate of drug-likeness (QED) is 0.784. The molecule has 1 fully saturated rings. The zero-order chi connectivity index (χ0) is 19.0. The Labute approximate surface area is 160 Å². The number of ether oxygens (including phenoxy) is 2. The second-order valence-corrected chi connectivity index (χ2v) is 8.74. The van der Waals surface area contributed by atoms with Crippen molar-refractivity contribution in [2.75, 3.05) is 33.9 Å². The van der Waals surface area contributed by atoms with Crippen LogP contribution in [0.4, 0.5) is 0 Å². The van der Waals surface area contributed by atoms with E-state index in [1.54, 1.807) is 22.8 Å². The first-order valence-corrected chi connectivity index (χ1v) is 10.6. The average molecular weight is 391 g/mol. The van der Waals surface area contributed by atoms with Crippen molar-refractivity contribution in [3.63, 3.8) is 0 Å². The van der Waals surface area contributed by atoms with Crippen LogP contribution in [0.25, 0.3) is 0 Å². The van der Waals surface area contributed by atoms with Gasteiger partial charge >= 0.3 is 0 Å². The van der Waals surface area contributed by atoms with E-state index in [2.05, 4.69) is 4.57 Å². The number of aromatic nitrogens is 1. The Morgan fingerprint density at radius 1 is 1.00 bits per heavy atom. The van der Waals surface area contributed by atoms with Crippen LogP contribution in [-0.4, -0.2) is 55.4 Å². The molecule has 1 unspecified atom stereocenters. The number of nitrogens with zero attached hydrogens (tertiary/aromatic N) is 3. The number of hydrogen-bond acceptors (Lipinski definition) is 4. The lowest BCUT2D eigenvalue weighted by Crippen LogP contribution is -2.48. The summed E-state index contributed by atoms with van der Waals surface area (Å²) < 4.78 is 43.2. The minimum Gasteiger partial charge on any atom is -0.497 e. The molecule has 0 amide bonds. The highest BCUT2D eigenvalue weighted by Gasteiger charge is 2.41. The topological polar surface area (TPSA) is 64.0 Å². The van der Waals surface area contributed by atoms with Crippen molar-refractivity contribution in [2.24, 2.45) is 0 Å². The van der Waals surface area contributed by atoms with Crippen molar-refractivity contribution in [2.45, 2.75) is 25.4 Å². The number of methoxy groups -OCH3 is 2. The fraction of sp³-hybridized carbons (Fsp3) is 0.474. The molecule has 0 aliphatic carbocycles. The summed E-state index contributed by atoms with van der Waals surface area (Å²) in [7, 11) is -0.359. The van der Waals surface area contributed by atoms with Crippen molar-refractivity contribution in [1.82, 2.24) is 13.2 Å². The minimum atomic E-state index is -3.57. The van der Waals surface area contributed by atoms with Crippen molar-refractivity contribution in [1.29, 1.82) is 0 Å². The molecule has 7 nitrogen and oxygen atoms in total. The summed E-state index contributed by atoms with van der Waals surface area (Å²) in [6.07, 6.45) is 3.82. The molecular weight excluding hydrogens is 366 g/mol. The van der Waals surface area contributed by atoms with Crippen LogP contribution >= 0.6 is 0 Å². The molecule has 0 bridgehead atoms. The van der Waals surface area contributed by atoms with E-state index in [-0.39, 0.29) is 0 Å². The molecule has 0 spiro atoms. The van der Waals surface area contributed by atoms with Crippen molar-refractivity contribution in [3.8, 4) is 11.5 Å². The largest absolute Gasteiger partial charge is 0.497 e. The van der Waals surface area contributed by atoms with E-state index in [9.17, 15) is 8.42 Å². The van der Waals surface area contributed by atoms with Gasteiger partial charge in [0.15, 0.2) is 0 Å². The number of fused-ring (bicyclic) bond motifs is 1. The van der Waals surface area contributed by atoms with Crippen molar-refractivity contribution < 1.29 is 17.9 Å². The van der Waals surface area contributed by atoms with Gasteiger partial charge in [-0.2, -0.15) is 17.0 Å².